The molecular formula is C36H39F3N6O7. The first kappa shape index (κ1) is 39.1. The Balaban J connectivity index is 1.07. The summed E-state index contributed by atoms with van der Waals surface area (Å²) >= 11 is 0. The number of imide groups is 1. The highest BCUT2D eigenvalue weighted by atomic mass is 19.4. The standard InChI is InChI=1S/C36H39F3N6O7/c1-35(50,34(49)43-26-6-5-24(21-40)29(20-26)36(37,38)39)22-52-28-11-7-25(8-12-28)42-17-16-41-15-2-18-51-27-9-3-23(4-10-27)19-32(47)44-30-13-14-31(46)45-33(30)48/h3-12,20,30,41-42,50H,2,13-19,22H2,1H3,(H,43,49)(H,44,47)(H,45,46,48). The molecular weight excluding hydrogens is 685 g/mol. The van der Waals surface area contributed by atoms with Crippen LogP contribution < -0.4 is 36.1 Å². The summed E-state index contributed by atoms with van der Waals surface area (Å²) in [5.41, 5.74) is -2.52. The van der Waals surface area contributed by atoms with Crippen LogP contribution in [0.2, 0.25) is 0 Å². The minimum Gasteiger partial charge on any atom is -0.494 e. The monoisotopic (exact) mass is 724 g/mol. The van der Waals surface area contributed by atoms with E-state index in [0.717, 1.165) is 36.3 Å². The average Bonchev–Trinajstić information content (AvgIpc) is 3.10. The highest BCUT2D eigenvalue weighted by Gasteiger charge is 2.35. The number of amides is 4. The number of hydrogen-bond acceptors (Lipinski definition) is 10. The van der Waals surface area contributed by atoms with Gasteiger partial charge in [-0.15, -0.1) is 0 Å². The van der Waals surface area contributed by atoms with Crippen LogP contribution in [0.15, 0.2) is 66.7 Å². The second-order valence-electron chi connectivity index (χ2n) is 12.2. The maximum absolute atomic E-state index is 13.2. The van der Waals surface area contributed by atoms with Crippen molar-refractivity contribution in [3.63, 3.8) is 0 Å². The number of anilines is 2. The van der Waals surface area contributed by atoms with Crippen molar-refractivity contribution in [3.05, 3.63) is 83.4 Å². The molecule has 16 heteroatoms. The molecule has 1 fully saturated rings. The second-order valence-corrected chi connectivity index (χ2v) is 12.2. The number of halogens is 3. The molecule has 3 aromatic rings. The number of aliphatic hydroxyl groups is 1. The first-order valence-electron chi connectivity index (χ1n) is 16.4. The number of hydrogen-bond donors (Lipinski definition) is 6. The summed E-state index contributed by atoms with van der Waals surface area (Å²) in [6.07, 6.45) is -3.46. The second kappa shape index (κ2) is 18.0. The largest absolute Gasteiger partial charge is 0.494 e. The smallest absolute Gasteiger partial charge is 0.417 e. The van der Waals surface area contributed by atoms with Crippen molar-refractivity contribution in [2.45, 2.75) is 50.4 Å². The molecule has 1 saturated heterocycles. The van der Waals surface area contributed by atoms with Gasteiger partial charge in [0.2, 0.25) is 17.7 Å². The van der Waals surface area contributed by atoms with Gasteiger partial charge in [0.15, 0.2) is 5.60 Å². The zero-order valence-electron chi connectivity index (χ0n) is 28.3. The molecule has 0 saturated carbocycles. The van der Waals surface area contributed by atoms with Crippen LogP contribution in [0.3, 0.4) is 0 Å². The predicted molar refractivity (Wildman–Crippen MR) is 183 cm³/mol. The van der Waals surface area contributed by atoms with E-state index in [2.05, 4.69) is 26.6 Å². The van der Waals surface area contributed by atoms with Gasteiger partial charge in [-0.2, -0.15) is 18.4 Å². The lowest BCUT2D eigenvalue weighted by Crippen LogP contribution is -2.52. The van der Waals surface area contributed by atoms with Gasteiger partial charge >= 0.3 is 6.18 Å². The highest BCUT2D eigenvalue weighted by molar-refractivity contribution is 6.01. The van der Waals surface area contributed by atoms with Crippen LogP contribution in [0.25, 0.3) is 0 Å². The van der Waals surface area contributed by atoms with Gasteiger partial charge in [0.1, 0.15) is 24.1 Å². The van der Waals surface area contributed by atoms with Crippen molar-refractivity contribution in [2.24, 2.45) is 0 Å². The summed E-state index contributed by atoms with van der Waals surface area (Å²) in [5, 5.41) is 33.2. The molecule has 13 nitrogen and oxygen atoms in total. The highest BCUT2D eigenvalue weighted by Crippen LogP contribution is 2.33. The third-order valence-corrected chi connectivity index (χ3v) is 7.83. The Morgan fingerprint density at radius 3 is 2.31 bits per heavy atom. The number of carbonyl (C=O) groups excluding carboxylic acids is 4. The van der Waals surface area contributed by atoms with Gasteiger partial charge < -0.3 is 35.8 Å². The molecule has 1 aliphatic rings. The Morgan fingerprint density at radius 1 is 0.962 bits per heavy atom. The summed E-state index contributed by atoms with van der Waals surface area (Å²) < 4.78 is 51.0. The van der Waals surface area contributed by atoms with Crippen LogP contribution in [0.1, 0.15) is 42.9 Å². The molecule has 3 aromatic carbocycles. The van der Waals surface area contributed by atoms with E-state index in [1.807, 2.05) is 0 Å². The molecule has 1 heterocycles. The molecule has 0 bridgehead atoms. The molecule has 4 rings (SSSR count). The Hall–Kier alpha value is -5.66. The van der Waals surface area contributed by atoms with Crippen LogP contribution in [0.5, 0.6) is 11.5 Å². The number of nitriles is 1. The first-order chi connectivity index (χ1) is 24.7. The SMILES string of the molecule is CC(O)(COc1ccc(NCCNCCCOc2ccc(CC(=O)NC3CCC(=O)NC3=O)cc2)cc1)C(=O)Nc1ccc(C#N)c(C(F)(F)F)c1. The molecule has 0 aromatic heterocycles. The van der Waals surface area contributed by atoms with Gasteiger partial charge in [0.25, 0.3) is 5.91 Å². The summed E-state index contributed by atoms with van der Waals surface area (Å²) in [7, 11) is 0. The van der Waals surface area contributed by atoms with Gasteiger partial charge in [-0.3, -0.25) is 24.5 Å². The van der Waals surface area contributed by atoms with E-state index in [9.17, 15) is 37.5 Å². The number of alkyl halides is 3. The van der Waals surface area contributed by atoms with Crippen LogP contribution >= 0.6 is 0 Å². The van der Waals surface area contributed by atoms with Crippen LogP contribution in [-0.2, 0) is 31.8 Å². The third kappa shape index (κ3) is 12.0. The Morgan fingerprint density at radius 2 is 1.63 bits per heavy atom. The Labute approximate surface area is 297 Å². The zero-order valence-corrected chi connectivity index (χ0v) is 28.3. The molecule has 2 atom stereocenters. The van der Waals surface area contributed by atoms with Crippen LogP contribution in [-0.4, -0.2) is 73.2 Å². The lowest BCUT2D eigenvalue weighted by atomic mass is 10.1. The molecule has 1 aliphatic heterocycles. The van der Waals surface area contributed by atoms with E-state index in [1.54, 1.807) is 48.5 Å². The van der Waals surface area contributed by atoms with E-state index >= 15 is 0 Å². The van der Waals surface area contributed by atoms with Gasteiger partial charge in [-0.05, 0) is 86.5 Å². The van der Waals surface area contributed by atoms with E-state index in [0.29, 0.717) is 37.3 Å². The van der Waals surface area contributed by atoms with Crippen molar-refractivity contribution in [1.29, 1.82) is 5.26 Å². The summed E-state index contributed by atoms with van der Waals surface area (Å²) in [6, 6.07) is 17.4. The molecule has 0 aliphatic carbocycles. The number of benzene rings is 3. The summed E-state index contributed by atoms with van der Waals surface area (Å²) in [4.78, 5) is 47.9. The van der Waals surface area contributed by atoms with Crippen molar-refractivity contribution in [2.75, 3.05) is 43.5 Å². The van der Waals surface area contributed by atoms with Crippen molar-refractivity contribution >= 4 is 35.0 Å². The van der Waals surface area contributed by atoms with Crippen molar-refractivity contribution in [3.8, 4) is 17.6 Å². The maximum Gasteiger partial charge on any atom is 0.417 e. The Bertz CT molecular complexity index is 1760. The third-order valence-electron chi connectivity index (χ3n) is 7.83. The summed E-state index contributed by atoms with van der Waals surface area (Å²) in [5.74, 6) is -1.08. The summed E-state index contributed by atoms with van der Waals surface area (Å²) in [6.45, 7) is 3.20. The number of rotatable bonds is 17. The number of nitrogens with one attached hydrogen (secondary N) is 5. The topological polar surface area (TPSA) is 191 Å². The van der Waals surface area contributed by atoms with E-state index in [4.69, 9.17) is 14.7 Å². The quantitative estimate of drug-likeness (QED) is 0.0890. The van der Waals surface area contributed by atoms with Gasteiger partial charge in [0.05, 0.1) is 30.2 Å². The maximum atomic E-state index is 13.2. The first-order valence-corrected chi connectivity index (χ1v) is 16.4. The minimum absolute atomic E-state index is 0.0992. The fourth-order valence-corrected chi connectivity index (χ4v) is 4.95. The average molecular weight is 725 g/mol. The lowest BCUT2D eigenvalue weighted by molar-refractivity contribution is -0.138. The van der Waals surface area contributed by atoms with Gasteiger partial charge in [0, 0.05) is 30.9 Å². The minimum atomic E-state index is -4.79. The van der Waals surface area contributed by atoms with Crippen molar-refractivity contribution < 1.29 is 46.9 Å². The molecule has 2 unspecified atom stereocenters. The lowest BCUT2D eigenvalue weighted by Gasteiger charge is -2.23. The number of nitrogens with zero attached hydrogens (tertiary/aromatic N) is 1. The predicted octanol–water partition coefficient (Wildman–Crippen LogP) is 3.28. The van der Waals surface area contributed by atoms with E-state index in [1.165, 1.54) is 13.0 Å². The zero-order chi connectivity index (χ0) is 37.7. The molecule has 0 radical (unpaired) electrons. The molecule has 6 N–H and O–H groups in total. The Kier molecular flexibility index (Phi) is 13.6. The normalized spacial score (nSPS) is 15.4. The molecule has 52 heavy (non-hydrogen) atoms. The number of ether oxygens (including phenoxy) is 2. The molecule has 0 spiro atoms. The fourth-order valence-electron chi connectivity index (χ4n) is 4.95. The van der Waals surface area contributed by atoms with Crippen LogP contribution in [0.4, 0.5) is 24.5 Å². The van der Waals surface area contributed by atoms with E-state index < -0.39 is 47.4 Å². The van der Waals surface area contributed by atoms with Gasteiger partial charge in [-0.25, -0.2) is 0 Å². The van der Waals surface area contributed by atoms with E-state index in [-0.39, 0.29) is 36.8 Å². The number of carbonyl (C=O) groups is 4. The van der Waals surface area contributed by atoms with Crippen LogP contribution in [0, 0.1) is 11.3 Å². The molecule has 4 amide bonds. The van der Waals surface area contributed by atoms with Gasteiger partial charge in [-0.1, -0.05) is 12.1 Å². The van der Waals surface area contributed by atoms with Crippen molar-refractivity contribution in [1.82, 2.24) is 16.0 Å². The fraction of sp³-hybridized carbons (Fsp3) is 0.361. The molecule has 276 valence electrons. The number of piperidine rings is 1.